The number of anilines is 1. The Bertz CT molecular complexity index is 980. The minimum absolute atomic E-state index is 0.0239. The van der Waals surface area contributed by atoms with Gasteiger partial charge in [-0.3, -0.25) is 0 Å². The molecule has 2 N–H and O–H groups in total. The molecule has 7 nitrogen and oxygen atoms in total. The van der Waals surface area contributed by atoms with Crippen LogP contribution in [0.3, 0.4) is 0 Å². The molecule has 8 heteroatoms. The van der Waals surface area contributed by atoms with Crippen LogP contribution in [-0.4, -0.2) is 47.2 Å². The minimum atomic E-state index is -3.05. The van der Waals surface area contributed by atoms with Gasteiger partial charge in [-0.2, -0.15) is 0 Å². The summed E-state index contributed by atoms with van der Waals surface area (Å²) in [6.07, 6.45) is 8.49. The summed E-state index contributed by atoms with van der Waals surface area (Å²) in [6.45, 7) is 6.96. The summed E-state index contributed by atoms with van der Waals surface area (Å²) in [7, 11) is -3.05. The number of sulfone groups is 1. The smallest absolute Gasteiger partial charge is 0.151 e. The molecule has 0 spiro atoms. The summed E-state index contributed by atoms with van der Waals surface area (Å²) in [4.78, 5) is 9.54. The number of imidazole rings is 1. The quantitative estimate of drug-likeness (QED) is 0.666. The van der Waals surface area contributed by atoms with Gasteiger partial charge in [-0.15, -0.1) is 0 Å². The van der Waals surface area contributed by atoms with Gasteiger partial charge < -0.3 is 15.0 Å². The molecule has 0 saturated carbocycles. The second-order valence-corrected chi connectivity index (χ2v) is 11.0. The van der Waals surface area contributed by atoms with Crippen LogP contribution in [0.2, 0.25) is 0 Å². The van der Waals surface area contributed by atoms with Crippen LogP contribution in [0.5, 0.6) is 0 Å². The van der Waals surface area contributed by atoms with Crippen molar-refractivity contribution in [3.05, 3.63) is 17.1 Å². The molecule has 0 unspecified atom stereocenters. The largest absolute Gasteiger partial charge is 0.382 e. The van der Waals surface area contributed by atoms with Crippen molar-refractivity contribution in [2.24, 2.45) is 0 Å². The Hall–Kier alpha value is -1.67. The van der Waals surface area contributed by atoms with Crippen molar-refractivity contribution in [3.8, 4) is 0 Å². The predicted molar refractivity (Wildman–Crippen MR) is 117 cm³/mol. The lowest BCUT2D eigenvalue weighted by Crippen LogP contribution is -2.33. The fourth-order valence-corrected chi connectivity index (χ4v) is 4.43. The lowest BCUT2D eigenvalue weighted by atomic mass is 9.94. The third-order valence-corrected chi connectivity index (χ3v) is 6.42. The van der Waals surface area contributed by atoms with E-state index < -0.39 is 15.4 Å². The average Bonchev–Trinajstić information content (AvgIpc) is 2.97. The molecule has 0 bridgehead atoms. The zero-order chi connectivity index (χ0) is 21.2. The van der Waals surface area contributed by atoms with Gasteiger partial charge in [0, 0.05) is 18.4 Å². The zero-order valence-corrected chi connectivity index (χ0v) is 18.9. The molecule has 162 valence electrons. The fourth-order valence-electron chi connectivity index (χ4n) is 4.04. The van der Waals surface area contributed by atoms with Crippen molar-refractivity contribution < 1.29 is 13.2 Å². The third-order valence-electron chi connectivity index (χ3n) is 5.51. The average molecular weight is 423 g/mol. The summed E-state index contributed by atoms with van der Waals surface area (Å²) in [5, 5.41) is 0. The number of pyridine rings is 1. The standard InChI is InChI=1S/C21H34N4O3S/c1-5-6-11-17-24-18-19(15-9-7-8-10-16(15)23-20(18)22)25(17)14-21(2,3)28-12-13-29(4,26)27/h5-14H2,1-4H3,(H2,22,23). The van der Waals surface area contributed by atoms with E-state index in [2.05, 4.69) is 16.5 Å². The van der Waals surface area contributed by atoms with Crippen molar-refractivity contribution in [2.45, 2.75) is 77.9 Å². The molecule has 0 amide bonds. The molecule has 0 saturated heterocycles. The van der Waals surface area contributed by atoms with Crippen LogP contribution in [0.4, 0.5) is 5.82 Å². The van der Waals surface area contributed by atoms with Gasteiger partial charge in [-0.05, 0) is 51.5 Å². The molecule has 0 fully saturated rings. The van der Waals surface area contributed by atoms with Gasteiger partial charge in [0.1, 0.15) is 21.2 Å². The van der Waals surface area contributed by atoms with Gasteiger partial charge >= 0.3 is 0 Å². The Balaban J connectivity index is 2.00. The van der Waals surface area contributed by atoms with Gasteiger partial charge in [0.2, 0.25) is 0 Å². The van der Waals surface area contributed by atoms with Crippen molar-refractivity contribution >= 4 is 26.7 Å². The Morgan fingerprint density at radius 1 is 1.21 bits per heavy atom. The number of hydrogen-bond donors (Lipinski definition) is 1. The van der Waals surface area contributed by atoms with Crippen molar-refractivity contribution in [3.63, 3.8) is 0 Å². The van der Waals surface area contributed by atoms with Gasteiger partial charge in [-0.1, -0.05) is 13.3 Å². The first-order valence-electron chi connectivity index (χ1n) is 10.6. The van der Waals surface area contributed by atoms with E-state index in [0.717, 1.165) is 67.5 Å². The van der Waals surface area contributed by atoms with Gasteiger partial charge in [0.15, 0.2) is 5.82 Å². The first-order chi connectivity index (χ1) is 13.6. The molecule has 0 radical (unpaired) electrons. The molecule has 29 heavy (non-hydrogen) atoms. The second kappa shape index (κ2) is 8.60. The van der Waals surface area contributed by atoms with E-state index in [1.54, 1.807) is 0 Å². The molecule has 0 aromatic carbocycles. The molecule has 2 heterocycles. The fraction of sp³-hybridized carbons (Fsp3) is 0.714. The van der Waals surface area contributed by atoms with E-state index in [4.69, 9.17) is 15.5 Å². The Labute approximate surface area is 174 Å². The lowest BCUT2D eigenvalue weighted by Gasteiger charge is -2.28. The van der Waals surface area contributed by atoms with Crippen molar-refractivity contribution in [1.82, 2.24) is 14.5 Å². The summed E-state index contributed by atoms with van der Waals surface area (Å²) >= 11 is 0. The Kier molecular flexibility index (Phi) is 6.53. The number of hydrogen-bond acceptors (Lipinski definition) is 6. The maximum absolute atomic E-state index is 11.5. The van der Waals surface area contributed by atoms with Gasteiger partial charge in [0.05, 0.1) is 30.0 Å². The van der Waals surface area contributed by atoms with Crippen LogP contribution in [0.25, 0.3) is 11.0 Å². The van der Waals surface area contributed by atoms with E-state index >= 15 is 0 Å². The number of rotatable bonds is 9. The summed E-state index contributed by atoms with van der Waals surface area (Å²) in [5.74, 6) is 1.54. The topological polar surface area (TPSA) is 100 Å². The van der Waals surface area contributed by atoms with Crippen LogP contribution >= 0.6 is 0 Å². The first-order valence-corrected chi connectivity index (χ1v) is 12.7. The maximum atomic E-state index is 11.5. The number of aryl methyl sites for hydroxylation is 3. The summed E-state index contributed by atoms with van der Waals surface area (Å²) in [6, 6.07) is 0. The number of fused-ring (bicyclic) bond motifs is 3. The molecular formula is C21H34N4O3S. The molecule has 1 aliphatic carbocycles. The molecule has 3 rings (SSSR count). The molecule has 0 aliphatic heterocycles. The third kappa shape index (κ3) is 5.28. The monoisotopic (exact) mass is 422 g/mol. The SMILES string of the molecule is CCCCc1nc2c(N)nc3c(c2n1CC(C)(C)OCCS(C)(=O)=O)CCCC3. The predicted octanol–water partition coefficient (Wildman–Crippen LogP) is 3.07. The first kappa shape index (κ1) is 22.0. The number of nitrogens with zero attached hydrogens (tertiary/aromatic N) is 3. The zero-order valence-electron chi connectivity index (χ0n) is 18.1. The number of unbranched alkanes of at least 4 members (excludes halogenated alkanes) is 1. The van der Waals surface area contributed by atoms with Crippen LogP contribution in [0.1, 0.15) is 63.5 Å². The normalized spacial score (nSPS) is 15.0. The van der Waals surface area contributed by atoms with Crippen LogP contribution in [-0.2, 0) is 40.4 Å². The summed E-state index contributed by atoms with van der Waals surface area (Å²) in [5.41, 5.74) is 10.0. The maximum Gasteiger partial charge on any atom is 0.151 e. The Morgan fingerprint density at radius 2 is 1.93 bits per heavy atom. The number of nitrogen functional groups attached to an aromatic ring is 1. The number of ether oxygens (including phenoxy) is 1. The highest BCUT2D eigenvalue weighted by Crippen LogP contribution is 2.33. The minimum Gasteiger partial charge on any atom is -0.382 e. The summed E-state index contributed by atoms with van der Waals surface area (Å²) < 4.78 is 31.2. The van der Waals surface area contributed by atoms with Crippen LogP contribution in [0, 0.1) is 0 Å². The number of nitrogens with two attached hydrogens (primary N) is 1. The van der Waals surface area contributed by atoms with E-state index in [1.807, 2.05) is 13.8 Å². The van der Waals surface area contributed by atoms with Crippen LogP contribution in [0.15, 0.2) is 0 Å². The highest BCUT2D eigenvalue weighted by atomic mass is 32.2. The molecule has 2 aromatic heterocycles. The van der Waals surface area contributed by atoms with E-state index in [-0.39, 0.29) is 12.4 Å². The lowest BCUT2D eigenvalue weighted by molar-refractivity contribution is -0.0211. The Morgan fingerprint density at radius 3 is 2.62 bits per heavy atom. The van der Waals surface area contributed by atoms with E-state index in [0.29, 0.717) is 12.4 Å². The van der Waals surface area contributed by atoms with Crippen molar-refractivity contribution in [1.29, 1.82) is 0 Å². The number of aromatic nitrogens is 3. The van der Waals surface area contributed by atoms with Crippen LogP contribution < -0.4 is 5.73 Å². The molecule has 0 atom stereocenters. The van der Waals surface area contributed by atoms with E-state index in [1.165, 1.54) is 11.8 Å². The molecule has 2 aromatic rings. The van der Waals surface area contributed by atoms with Gasteiger partial charge in [0.25, 0.3) is 0 Å². The highest BCUT2D eigenvalue weighted by molar-refractivity contribution is 7.90. The van der Waals surface area contributed by atoms with Crippen molar-refractivity contribution in [2.75, 3.05) is 24.3 Å². The van der Waals surface area contributed by atoms with E-state index in [9.17, 15) is 8.42 Å². The second-order valence-electron chi connectivity index (χ2n) is 8.78. The highest BCUT2D eigenvalue weighted by Gasteiger charge is 2.27. The molecular weight excluding hydrogens is 388 g/mol. The van der Waals surface area contributed by atoms with Gasteiger partial charge in [-0.25, -0.2) is 18.4 Å². The molecule has 1 aliphatic rings.